The fourth-order valence-corrected chi connectivity index (χ4v) is 2.89. The molecule has 1 saturated heterocycles. The van der Waals surface area contributed by atoms with Crippen LogP contribution >= 0.6 is 15.9 Å². The zero-order valence-electron chi connectivity index (χ0n) is 12.3. The van der Waals surface area contributed by atoms with Gasteiger partial charge in [0.2, 0.25) is 0 Å². The SMILES string of the molecule is CN1CCN(CCCNc2ccc3ncc(Br)n3n2)CC1. The number of piperazine rings is 1. The van der Waals surface area contributed by atoms with Crippen LogP contribution < -0.4 is 5.32 Å². The molecule has 1 fully saturated rings. The number of anilines is 1. The molecule has 0 aliphatic carbocycles. The third-order valence-corrected chi connectivity index (χ3v) is 4.41. The molecule has 1 N–H and O–H groups in total. The van der Waals surface area contributed by atoms with Gasteiger partial charge in [-0.05, 0) is 48.1 Å². The molecule has 0 radical (unpaired) electrons. The van der Waals surface area contributed by atoms with Gasteiger partial charge >= 0.3 is 0 Å². The number of rotatable bonds is 5. The van der Waals surface area contributed by atoms with Crippen LogP contribution in [0.1, 0.15) is 6.42 Å². The summed E-state index contributed by atoms with van der Waals surface area (Å²) in [7, 11) is 2.19. The maximum atomic E-state index is 4.50. The standard InChI is InChI=1S/C14H21BrN6/c1-19-7-9-20(10-8-19)6-2-5-16-13-3-4-14-17-11-12(15)21(14)18-13/h3-4,11H,2,5-10H2,1H3,(H,16,18). The molecule has 1 aliphatic rings. The molecule has 21 heavy (non-hydrogen) atoms. The van der Waals surface area contributed by atoms with Crippen molar-refractivity contribution >= 4 is 27.4 Å². The van der Waals surface area contributed by atoms with E-state index in [9.17, 15) is 0 Å². The molecule has 2 aromatic rings. The van der Waals surface area contributed by atoms with Crippen LogP contribution in [0.4, 0.5) is 5.82 Å². The van der Waals surface area contributed by atoms with Crippen molar-refractivity contribution in [3.8, 4) is 0 Å². The van der Waals surface area contributed by atoms with E-state index in [1.165, 1.54) is 26.2 Å². The molecular formula is C14H21BrN6. The Morgan fingerprint density at radius 2 is 2.05 bits per heavy atom. The summed E-state index contributed by atoms with van der Waals surface area (Å²) in [6.45, 7) is 6.82. The Morgan fingerprint density at radius 1 is 1.24 bits per heavy atom. The van der Waals surface area contributed by atoms with Crippen LogP contribution in [0.25, 0.3) is 5.65 Å². The molecule has 0 bridgehead atoms. The predicted molar refractivity (Wildman–Crippen MR) is 87.7 cm³/mol. The summed E-state index contributed by atoms with van der Waals surface area (Å²) < 4.78 is 2.67. The van der Waals surface area contributed by atoms with Gasteiger partial charge in [0.25, 0.3) is 0 Å². The molecule has 0 saturated carbocycles. The Balaban J connectivity index is 1.45. The normalized spacial score (nSPS) is 17.4. The topological polar surface area (TPSA) is 48.7 Å². The van der Waals surface area contributed by atoms with Crippen LogP contribution in [-0.2, 0) is 0 Å². The van der Waals surface area contributed by atoms with E-state index in [2.05, 4.69) is 48.2 Å². The van der Waals surface area contributed by atoms with E-state index in [1.807, 2.05) is 12.1 Å². The Kier molecular flexibility index (Phi) is 4.72. The molecule has 0 atom stereocenters. The summed E-state index contributed by atoms with van der Waals surface area (Å²) in [5.74, 6) is 0.888. The summed E-state index contributed by atoms with van der Waals surface area (Å²) in [5, 5.41) is 7.89. The van der Waals surface area contributed by atoms with Gasteiger partial charge < -0.3 is 15.1 Å². The summed E-state index contributed by atoms with van der Waals surface area (Å²) in [6, 6.07) is 3.95. The zero-order valence-corrected chi connectivity index (χ0v) is 13.9. The van der Waals surface area contributed by atoms with Gasteiger partial charge in [-0.3, -0.25) is 0 Å². The quantitative estimate of drug-likeness (QED) is 0.827. The largest absolute Gasteiger partial charge is 0.369 e. The van der Waals surface area contributed by atoms with Crippen molar-refractivity contribution in [3.63, 3.8) is 0 Å². The predicted octanol–water partition coefficient (Wildman–Crippen LogP) is 1.54. The van der Waals surface area contributed by atoms with E-state index in [0.717, 1.165) is 35.6 Å². The van der Waals surface area contributed by atoms with E-state index in [0.29, 0.717) is 0 Å². The van der Waals surface area contributed by atoms with E-state index < -0.39 is 0 Å². The summed E-state index contributed by atoms with van der Waals surface area (Å²) in [4.78, 5) is 9.16. The lowest BCUT2D eigenvalue weighted by Crippen LogP contribution is -2.44. The minimum Gasteiger partial charge on any atom is -0.369 e. The number of imidazole rings is 1. The first-order valence-corrected chi connectivity index (χ1v) is 8.17. The number of halogens is 1. The first kappa shape index (κ1) is 14.7. The van der Waals surface area contributed by atoms with Crippen LogP contribution in [-0.4, -0.2) is 70.7 Å². The summed E-state index contributed by atoms with van der Waals surface area (Å²) >= 11 is 3.44. The Morgan fingerprint density at radius 3 is 2.86 bits per heavy atom. The first-order valence-electron chi connectivity index (χ1n) is 7.37. The highest BCUT2D eigenvalue weighted by Gasteiger charge is 2.12. The van der Waals surface area contributed by atoms with Crippen LogP contribution in [0.3, 0.4) is 0 Å². The van der Waals surface area contributed by atoms with Crippen LogP contribution in [0.5, 0.6) is 0 Å². The minimum atomic E-state index is 0.852. The van der Waals surface area contributed by atoms with Gasteiger partial charge in [0, 0.05) is 32.7 Å². The van der Waals surface area contributed by atoms with Gasteiger partial charge in [0.15, 0.2) is 5.65 Å². The van der Waals surface area contributed by atoms with Gasteiger partial charge in [-0.1, -0.05) is 0 Å². The van der Waals surface area contributed by atoms with Crippen LogP contribution in [0, 0.1) is 0 Å². The zero-order chi connectivity index (χ0) is 14.7. The number of likely N-dealkylation sites (N-methyl/N-ethyl adjacent to an activating group) is 1. The lowest BCUT2D eigenvalue weighted by atomic mass is 10.3. The van der Waals surface area contributed by atoms with Crippen molar-refractivity contribution in [1.82, 2.24) is 24.4 Å². The number of aromatic nitrogens is 3. The van der Waals surface area contributed by atoms with Crippen molar-refractivity contribution in [1.29, 1.82) is 0 Å². The smallest absolute Gasteiger partial charge is 0.154 e. The Bertz CT molecular complexity index is 590. The number of fused-ring (bicyclic) bond motifs is 1. The second-order valence-corrected chi connectivity index (χ2v) is 6.31. The number of hydrogen-bond acceptors (Lipinski definition) is 5. The lowest BCUT2D eigenvalue weighted by Gasteiger charge is -2.32. The summed E-state index contributed by atoms with van der Waals surface area (Å²) in [5.41, 5.74) is 0.852. The van der Waals surface area contributed by atoms with Gasteiger partial charge in [0.1, 0.15) is 10.4 Å². The molecule has 0 amide bonds. The van der Waals surface area contributed by atoms with Crippen molar-refractivity contribution in [2.75, 3.05) is 51.6 Å². The monoisotopic (exact) mass is 352 g/mol. The minimum absolute atomic E-state index is 0.852. The highest BCUT2D eigenvalue weighted by Crippen LogP contribution is 2.13. The molecule has 3 heterocycles. The van der Waals surface area contributed by atoms with Crippen LogP contribution in [0.15, 0.2) is 22.9 Å². The summed E-state index contributed by atoms with van der Waals surface area (Å²) in [6.07, 6.45) is 2.90. The number of nitrogens with one attached hydrogen (secondary N) is 1. The number of hydrogen-bond donors (Lipinski definition) is 1. The molecule has 1 aliphatic heterocycles. The second-order valence-electron chi connectivity index (χ2n) is 5.49. The molecule has 114 valence electrons. The highest BCUT2D eigenvalue weighted by atomic mass is 79.9. The fourth-order valence-electron chi connectivity index (χ4n) is 2.53. The van der Waals surface area contributed by atoms with Crippen LogP contribution in [0.2, 0.25) is 0 Å². The van der Waals surface area contributed by atoms with Gasteiger partial charge in [-0.25, -0.2) is 9.50 Å². The first-order chi connectivity index (χ1) is 10.2. The fraction of sp³-hybridized carbons (Fsp3) is 0.571. The third-order valence-electron chi connectivity index (χ3n) is 3.87. The Hall–Kier alpha value is -1.18. The molecule has 2 aromatic heterocycles. The second kappa shape index (κ2) is 6.72. The van der Waals surface area contributed by atoms with Crippen molar-refractivity contribution in [2.24, 2.45) is 0 Å². The molecule has 6 nitrogen and oxygen atoms in total. The maximum absolute atomic E-state index is 4.50. The lowest BCUT2D eigenvalue weighted by molar-refractivity contribution is 0.154. The highest BCUT2D eigenvalue weighted by molar-refractivity contribution is 9.10. The molecule has 7 heteroatoms. The molecule has 3 rings (SSSR count). The van der Waals surface area contributed by atoms with Crippen molar-refractivity contribution < 1.29 is 0 Å². The van der Waals surface area contributed by atoms with E-state index in [1.54, 1.807) is 10.7 Å². The van der Waals surface area contributed by atoms with Crippen molar-refractivity contribution in [3.05, 3.63) is 22.9 Å². The van der Waals surface area contributed by atoms with Gasteiger partial charge in [-0.2, -0.15) is 0 Å². The molecule has 0 spiro atoms. The van der Waals surface area contributed by atoms with E-state index in [4.69, 9.17) is 0 Å². The van der Waals surface area contributed by atoms with Crippen molar-refractivity contribution in [2.45, 2.75) is 6.42 Å². The number of nitrogens with zero attached hydrogens (tertiary/aromatic N) is 5. The molecule has 0 aromatic carbocycles. The third kappa shape index (κ3) is 3.72. The van der Waals surface area contributed by atoms with Gasteiger partial charge in [-0.15, -0.1) is 5.10 Å². The van der Waals surface area contributed by atoms with E-state index in [-0.39, 0.29) is 0 Å². The Labute approximate surface area is 133 Å². The van der Waals surface area contributed by atoms with E-state index >= 15 is 0 Å². The molecule has 0 unspecified atom stereocenters. The molecular weight excluding hydrogens is 332 g/mol. The van der Waals surface area contributed by atoms with Gasteiger partial charge in [0.05, 0.1) is 6.20 Å². The average Bonchev–Trinajstić information content (AvgIpc) is 2.87. The maximum Gasteiger partial charge on any atom is 0.154 e. The average molecular weight is 353 g/mol.